The molecule has 0 aliphatic heterocycles. The average Bonchev–Trinajstić information content (AvgIpc) is 2.95. The van der Waals surface area contributed by atoms with Gasteiger partial charge in [0, 0.05) is 10.8 Å². The molecule has 3 aromatic rings. The second-order valence-corrected chi connectivity index (χ2v) is 13.7. The van der Waals surface area contributed by atoms with Gasteiger partial charge in [0.1, 0.15) is 23.0 Å². The first-order chi connectivity index (χ1) is 19.7. The topological polar surface area (TPSA) is 80.9 Å². The molecule has 222 valence electrons. The largest absolute Gasteiger partial charge is 0.506 e. The van der Waals surface area contributed by atoms with Crippen molar-refractivity contribution >= 4 is 46.4 Å². The van der Waals surface area contributed by atoms with Crippen LogP contribution in [0.25, 0.3) is 0 Å². The van der Waals surface area contributed by atoms with Gasteiger partial charge in [-0.2, -0.15) is 0 Å². The minimum Gasteiger partial charge on any atom is -0.506 e. The van der Waals surface area contributed by atoms with Gasteiger partial charge in [0.2, 0.25) is 0 Å². The lowest BCUT2D eigenvalue weighted by Gasteiger charge is -2.51. The van der Waals surface area contributed by atoms with E-state index >= 15 is 0 Å². The molecule has 4 nitrogen and oxygen atoms in total. The summed E-state index contributed by atoms with van der Waals surface area (Å²) in [5, 5.41) is 43.2. The van der Waals surface area contributed by atoms with E-state index in [1.54, 1.807) is 0 Å². The van der Waals surface area contributed by atoms with E-state index in [-0.39, 0.29) is 39.0 Å². The van der Waals surface area contributed by atoms with Crippen molar-refractivity contribution in [2.45, 2.75) is 70.6 Å². The Balaban J connectivity index is 1.71. The molecule has 2 aliphatic rings. The van der Waals surface area contributed by atoms with Crippen LogP contribution in [0.2, 0.25) is 15.1 Å². The second kappa shape index (κ2) is 11.2. The Hall–Kier alpha value is -2.50. The molecular formula is C34H34Cl4O4. The highest BCUT2D eigenvalue weighted by molar-refractivity contribution is 6.33. The third-order valence-corrected chi connectivity index (χ3v) is 10.8. The molecule has 0 saturated heterocycles. The highest BCUT2D eigenvalue weighted by atomic mass is 35.5. The molecule has 8 heteroatoms. The number of aromatic hydroxyl groups is 3. The van der Waals surface area contributed by atoms with Crippen LogP contribution in [0, 0.1) is 26.7 Å². The molecule has 5 rings (SSSR count). The van der Waals surface area contributed by atoms with Crippen LogP contribution in [-0.2, 0) is 10.8 Å². The van der Waals surface area contributed by atoms with E-state index in [1.807, 2.05) is 70.2 Å². The maximum absolute atomic E-state index is 10.5. The average molecular weight is 648 g/mol. The SMILES string of the molecule is CC1=C(O)C(Cl)=CC(C2(c3cc(C)c(O)c(Cl)c3)CCC(c3cc(C)c(O)c(Cl)c3)(c3cc(C)c(O)c(Cl)c3)CC2)C1. The molecule has 0 spiro atoms. The van der Waals surface area contributed by atoms with Gasteiger partial charge in [0.25, 0.3) is 0 Å². The van der Waals surface area contributed by atoms with Crippen LogP contribution in [0.5, 0.6) is 17.2 Å². The number of aryl methyl sites for hydroxylation is 3. The zero-order valence-corrected chi connectivity index (χ0v) is 27.0. The van der Waals surface area contributed by atoms with E-state index in [1.165, 1.54) is 0 Å². The van der Waals surface area contributed by atoms with E-state index in [2.05, 4.69) is 0 Å². The monoisotopic (exact) mass is 646 g/mol. The summed E-state index contributed by atoms with van der Waals surface area (Å²) in [6, 6.07) is 11.5. The van der Waals surface area contributed by atoms with Crippen molar-refractivity contribution in [3.63, 3.8) is 0 Å². The summed E-state index contributed by atoms with van der Waals surface area (Å²) >= 11 is 26.2. The lowest BCUT2D eigenvalue weighted by atomic mass is 9.52. The van der Waals surface area contributed by atoms with Crippen molar-refractivity contribution in [1.82, 2.24) is 0 Å². The predicted molar refractivity (Wildman–Crippen MR) is 172 cm³/mol. The van der Waals surface area contributed by atoms with Gasteiger partial charge in [-0.15, -0.1) is 0 Å². The van der Waals surface area contributed by atoms with Crippen LogP contribution in [0.15, 0.2) is 58.8 Å². The number of aliphatic hydroxyl groups is 1. The highest BCUT2D eigenvalue weighted by Gasteiger charge is 2.50. The lowest BCUT2D eigenvalue weighted by molar-refractivity contribution is 0.171. The molecular weight excluding hydrogens is 614 g/mol. The molecule has 2 aliphatic carbocycles. The third kappa shape index (κ3) is 5.05. The quantitative estimate of drug-likeness (QED) is 0.227. The second-order valence-electron chi connectivity index (χ2n) is 12.1. The van der Waals surface area contributed by atoms with Gasteiger partial charge in [-0.05, 0) is 123 Å². The summed E-state index contributed by atoms with van der Waals surface area (Å²) in [6.45, 7) is 7.40. The van der Waals surface area contributed by atoms with Crippen molar-refractivity contribution in [2.24, 2.45) is 5.92 Å². The van der Waals surface area contributed by atoms with Gasteiger partial charge >= 0.3 is 0 Å². The first kappa shape index (κ1) is 30.9. The number of hydrogen-bond acceptors (Lipinski definition) is 4. The van der Waals surface area contributed by atoms with Crippen molar-refractivity contribution in [1.29, 1.82) is 0 Å². The molecule has 3 aromatic carbocycles. The van der Waals surface area contributed by atoms with Gasteiger partial charge in [-0.1, -0.05) is 70.7 Å². The van der Waals surface area contributed by atoms with Crippen LogP contribution in [-0.4, -0.2) is 20.4 Å². The van der Waals surface area contributed by atoms with Crippen LogP contribution >= 0.6 is 46.4 Å². The maximum Gasteiger partial charge on any atom is 0.137 e. The van der Waals surface area contributed by atoms with Crippen molar-refractivity contribution < 1.29 is 20.4 Å². The first-order valence-corrected chi connectivity index (χ1v) is 15.5. The number of phenolic OH excluding ortho intramolecular Hbond substituents is 3. The Morgan fingerprint density at radius 1 is 0.595 bits per heavy atom. The summed E-state index contributed by atoms with van der Waals surface area (Å²) in [7, 11) is 0. The molecule has 1 unspecified atom stereocenters. The molecule has 0 aromatic heterocycles. The van der Waals surface area contributed by atoms with E-state index < -0.39 is 10.8 Å². The summed E-state index contributed by atoms with van der Waals surface area (Å²) < 4.78 is 0. The van der Waals surface area contributed by atoms with Crippen LogP contribution in [0.1, 0.15) is 72.4 Å². The Bertz CT molecular complexity index is 1520. The molecule has 1 saturated carbocycles. The molecule has 4 N–H and O–H groups in total. The summed E-state index contributed by atoms with van der Waals surface area (Å²) in [5.41, 5.74) is 4.86. The number of benzene rings is 3. The number of phenols is 3. The Morgan fingerprint density at radius 3 is 1.40 bits per heavy atom. The van der Waals surface area contributed by atoms with E-state index in [0.29, 0.717) is 58.8 Å². The summed E-state index contributed by atoms with van der Waals surface area (Å²) in [4.78, 5) is 0. The number of halogens is 4. The minimum atomic E-state index is -0.529. The van der Waals surface area contributed by atoms with E-state index in [9.17, 15) is 20.4 Å². The van der Waals surface area contributed by atoms with E-state index in [4.69, 9.17) is 46.4 Å². The number of allylic oxidation sites excluding steroid dienone is 3. The molecule has 0 bridgehead atoms. The first-order valence-electron chi connectivity index (χ1n) is 14.0. The lowest BCUT2D eigenvalue weighted by Crippen LogP contribution is -2.45. The van der Waals surface area contributed by atoms with Gasteiger partial charge in [0.15, 0.2) is 0 Å². The Kier molecular flexibility index (Phi) is 8.26. The number of aliphatic hydroxyl groups excluding tert-OH is 1. The summed E-state index contributed by atoms with van der Waals surface area (Å²) in [6.07, 6.45) is 5.37. The number of hydrogen-bond donors (Lipinski definition) is 4. The predicted octanol–water partition coefficient (Wildman–Crippen LogP) is 10.5. The van der Waals surface area contributed by atoms with E-state index in [0.717, 1.165) is 22.3 Å². The smallest absolute Gasteiger partial charge is 0.137 e. The molecule has 1 atom stereocenters. The van der Waals surface area contributed by atoms with Gasteiger partial charge in [0.05, 0.1) is 20.1 Å². The Morgan fingerprint density at radius 2 is 1.00 bits per heavy atom. The minimum absolute atomic E-state index is 0.0332. The zero-order chi connectivity index (χ0) is 30.7. The van der Waals surface area contributed by atoms with Crippen molar-refractivity contribution in [3.8, 4) is 17.2 Å². The fourth-order valence-corrected chi connectivity index (χ4v) is 8.20. The Labute approximate surface area is 266 Å². The zero-order valence-electron chi connectivity index (χ0n) is 24.0. The molecule has 0 radical (unpaired) electrons. The van der Waals surface area contributed by atoms with Gasteiger partial charge in [-0.25, -0.2) is 0 Å². The number of rotatable bonds is 4. The van der Waals surface area contributed by atoms with Gasteiger partial charge < -0.3 is 20.4 Å². The maximum atomic E-state index is 10.5. The third-order valence-electron chi connectivity index (χ3n) is 9.65. The van der Waals surface area contributed by atoms with Crippen LogP contribution < -0.4 is 0 Å². The van der Waals surface area contributed by atoms with Gasteiger partial charge in [-0.3, -0.25) is 0 Å². The van der Waals surface area contributed by atoms with Crippen molar-refractivity contribution in [2.75, 3.05) is 0 Å². The normalized spacial score (nSPS) is 20.0. The summed E-state index contributed by atoms with van der Waals surface area (Å²) in [5.74, 6) is 0.263. The van der Waals surface area contributed by atoms with Crippen LogP contribution in [0.4, 0.5) is 0 Å². The fraction of sp³-hybridized carbons (Fsp3) is 0.353. The molecule has 0 heterocycles. The fourth-order valence-electron chi connectivity index (χ4n) is 7.09. The molecule has 1 fully saturated rings. The van der Waals surface area contributed by atoms with Crippen LogP contribution in [0.3, 0.4) is 0 Å². The standard InChI is InChI=1S/C34H34Cl4O4/c1-17-9-21(13-25(35)29(17)39)33(22-10-18(2)30(40)26(36)14-22)5-7-34(8-6-33,23-11-19(3)31(41)27(37)15-23)24-12-20(4)32(42)28(38)16-24/h9-11,13-16,24,39-42H,5-8,12H2,1-4H3. The highest BCUT2D eigenvalue weighted by Crippen LogP contribution is 2.58. The molecule has 42 heavy (non-hydrogen) atoms. The molecule has 0 amide bonds. The van der Waals surface area contributed by atoms with Crippen molar-refractivity contribution in [3.05, 3.63) is 107 Å².